The van der Waals surface area contributed by atoms with Gasteiger partial charge in [0.05, 0.1) is 17.2 Å². The lowest BCUT2D eigenvalue weighted by molar-refractivity contribution is 0.1000. The van der Waals surface area contributed by atoms with Gasteiger partial charge >= 0.3 is 6.03 Å². The van der Waals surface area contributed by atoms with Gasteiger partial charge in [-0.2, -0.15) is 5.26 Å². The summed E-state index contributed by atoms with van der Waals surface area (Å²) in [6.07, 6.45) is 0.742. The zero-order chi connectivity index (χ0) is 18.7. The molecule has 27 heavy (non-hydrogen) atoms. The van der Waals surface area contributed by atoms with Crippen molar-refractivity contribution < 1.29 is 9.59 Å². The Morgan fingerprint density at radius 3 is 2.81 bits per heavy atom. The molecular formula is C18H20ClN5O2S. The van der Waals surface area contributed by atoms with Gasteiger partial charge in [0.15, 0.2) is 0 Å². The normalized spacial score (nSPS) is 13.0. The van der Waals surface area contributed by atoms with Crippen LogP contribution in [0.3, 0.4) is 0 Å². The lowest BCUT2D eigenvalue weighted by Gasteiger charge is -2.25. The van der Waals surface area contributed by atoms with Crippen molar-refractivity contribution in [3.05, 3.63) is 45.8 Å². The number of carbonyl (C=O) groups is 2. The minimum atomic E-state index is -0.533. The average molecular weight is 406 g/mol. The van der Waals surface area contributed by atoms with E-state index in [-0.39, 0.29) is 12.4 Å². The summed E-state index contributed by atoms with van der Waals surface area (Å²) >= 11 is 1.39. The number of nitriles is 1. The Morgan fingerprint density at radius 2 is 2.15 bits per heavy atom. The standard InChI is InChI=1S/C18H19N5O2S.ClH/c1-2-23-7-6-13-14(10-23)26-17(15(13)16(20)24)22-18(25)21-12-5-3-4-11(8-12)9-19;/h3-5,8H,2,6-7,10H2,1H3,(H2,20,24)(H2,21,22,25);1H. The monoisotopic (exact) mass is 405 g/mol. The van der Waals surface area contributed by atoms with Crippen molar-refractivity contribution in [3.63, 3.8) is 0 Å². The van der Waals surface area contributed by atoms with Gasteiger partial charge < -0.3 is 11.1 Å². The molecule has 0 saturated carbocycles. The van der Waals surface area contributed by atoms with Gasteiger partial charge in [0.2, 0.25) is 0 Å². The number of hydrogen-bond donors (Lipinski definition) is 3. The van der Waals surface area contributed by atoms with E-state index in [4.69, 9.17) is 11.0 Å². The first-order valence-electron chi connectivity index (χ1n) is 8.26. The summed E-state index contributed by atoms with van der Waals surface area (Å²) < 4.78 is 0. The molecular weight excluding hydrogens is 386 g/mol. The van der Waals surface area contributed by atoms with Crippen molar-refractivity contribution in [2.75, 3.05) is 23.7 Å². The molecule has 0 spiro atoms. The third-order valence-corrected chi connectivity index (χ3v) is 5.44. The molecule has 0 fully saturated rings. The molecule has 1 aromatic carbocycles. The Bertz CT molecular complexity index is 906. The molecule has 2 aromatic rings. The van der Waals surface area contributed by atoms with Gasteiger partial charge in [-0.1, -0.05) is 13.0 Å². The van der Waals surface area contributed by atoms with Crippen LogP contribution in [0, 0.1) is 11.3 Å². The zero-order valence-corrected chi connectivity index (χ0v) is 16.4. The second-order valence-electron chi connectivity index (χ2n) is 5.96. The molecule has 0 atom stereocenters. The number of amides is 3. The van der Waals surface area contributed by atoms with Gasteiger partial charge in [0, 0.05) is 23.7 Å². The first-order chi connectivity index (χ1) is 12.5. The maximum absolute atomic E-state index is 12.3. The number of likely N-dealkylation sites (N-methyl/N-ethyl adjacent to an activating group) is 1. The highest BCUT2D eigenvalue weighted by Crippen LogP contribution is 2.36. The van der Waals surface area contributed by atoms with Crippen molar-refractivity contribution in [1.29, 1.82) is 5.26 Å². The van der Waals surface area contributed by atoms with E-state index in [0.717, 1.165) is 36.5 Å². The molecule has 0 bridgehead atoms. The van der Waals surface area contributed by atoms with E-state index in [1.165, 1.54) is 11.3 Å². The molecule has 1 aliphatic heterocycles. The number of urea groups is 1. The van der Waals surface area contributed by atoms with Gasteiger partial charge in [-0.05, 0) is 36.7 Å². The molecule has 142 valence electrons. The molecule has 0 unspecified atom stereocenters. The SMILES string of the molecule is CCN1CCc2c(sc(NC(=O)Nc3cccc(C#N)c3)c2C(N)=O)C1.Cl. The smallest absolute Gasteiger partial charge is 0.324 e. The second kappa shape index (κ2) is 8.86. The van der Waals surface area contributed by atoms with Crippen molar-refractivity contribution in [2.45, 2.75) is 19.9 Å². The lowest BCUT2D eigenvalue weighted by Crippen LogP contribution is -2.30. The highest BCUT2D eigenvalue weighted by Gasteiger charge is 2.27. The van der Waals surface area contributed by atoms with Crippen LogP contribution in [0.25, 0.3) is 0 Å². The molecule has 4 N–H and O–H groups in total. The average Bonchev–Trinajstić information content (AvgIpc) is 2.98. The fourth-order valence-electron chi connectivity index (χ4n) is 3.01. The quantitative estimate of drug-likeness (QED) is 0.725. The minimum absolute atomic E-state index is 0. The van der Waals surface area contributed by atoms with E-state index in [1.54, 1.807) is 24.3 Å². The third-order valence-electron chi connectivity index (χ3n) is 4.31. The van der Waals surface area contributed by atoms with E-state index in [0.29, 0.717) is 21.8 Å². The topological polar surface area (TPSA) is 111 Å². The number of carbonyl (C=O) groups excluding carboxylic acids is 2. The zero-order valence-electron chi connectivity index (χ0n) is 14.7. The third kappa shape index (κ3) is 4.57. The van der Waals surface area contributed by atoms with Crippen molar-refractivity contribution in [1.82, 2.24) is 4.90 Å². The first-order valence-corrected chi connectivity index (χ1v) is 9.08. The number of halogens is 1. The van der Waals surface area contributed by atoms with Crippen LogP contribution in [0.15, 0.2) is 24.3 Å². The van der Waals surface area contributed by atoms with E-state index >= 15 is 0 Å². The number of nitrogens with one attached hydrogen (secondary N) is 2. The summed E-state index contributed by atoms with van der Waals surface area (Å²) in [4.78, 5) is 27.6. The van der Waals surface area contributed by atoms with E-state index in [2.05, 4.69) is 22.5 Å². The summed E-state index contributed by atoms with van der Waals surface area (Å²) in [5.41, 5.74) is 7.86. The summed E-state index contributed by atoms with van der Waals surface area (Å²) in [5, 5.41) is 14.8. The Kier molecular flexibility index (Phi) is 6.80. The fraction of sp³-hybridized carbons (Fsp3) is 0.278. The largest absolute Gasteiger partial charge is 0.365 e. The number of fused-ring (bicyclic) bond motifs is 1. The Hall–Kier alpha value is -2.60. The summed E-state index contributed by atoms with van der Waals surface area (Å²) in [6.45, 7) is 4.65. The molecule has 3 rings (SSSR count). The van der Waals surface area contributed by atoms with Gasteiger partial charge in [-0.15, -0.1) is 23.7 Å². The van der Waals surface area contributed by atoms with Crippen LogP contribution in [-0.4, -0.2) is 29.9 Å². The molecule has 1 aliphatic rings. The van der Waals surface area contributed by atoms with Crippen molar-refractivity contribution in [3.8, 4) is 6.07 Å². The maximum atomic E-state index is 12.3. The van der Waals surface area contributed by atoms with Crippen molar-refractivity contribution in [2.24, 2.45) is 5.73 Å². The summed E-state index contributed by atoms with van der Waals surface area (Å²) in [6, 6.07) is 8.15. The Balaban J connectivity index is 0.00000261. The fourth-order valence-corrected chi connectivity index (χ4v) is 4.30. The van der Waals surface area contributed by atoms with Crippen LogP contribution in [-0.2, 0) is 13.0 Å². The van der Waals surface area contributed by atoms with Crippen molar-refractivity contribution >= 4 is 46.4 Å². The molecule has 3 amide bonds. The van der Waals surface area contributed by atoms with Gasteiger partial charge in [-0.25, -0.2) is 4.79 Å². The van der Waals surface area contributed by atoms with Crippen LogP contribution < -0.4 is 16.4 Å². The Morgan fingerprint density at radius 1 is 1.37 bits per heavy atom. The second-order valence-corrected chi connectivity index (χ2v) is 7.07. The molecule has 0 radical (unpaired) electrons. The van der Waals surface area contributed by atoms with E-state index in [9.17, 15) is 9.59 Å². The number of nitrogens with zero attached hydrogens (tertiary/aromatic N) is 2. The van der Waals surface area contributed by atoms with E-state index in [1.807, 2.05) is 6.07 Å². The number of hydrogen-bond acceptors (Lipinski definition) is 5. The van der Waals surface area contributed by atoms with Gasteiger partial charge in [-0.3, -0.25) is 15.0 Å². The molecule has 0 saturated heterocycles. The van der Waals surface area contributed by atoms with Crippen LogP contribution in [0.2, 0.25) is 0 Å². The van der Waals surface area contributed by atoms with Crippen LogP contribution in [0.5, 0.6) is 0 Å². The Labute approximate surface area is 167 Å². The van der Waals surface area contributed by atoms with Crippen LogP contribution in [0.4, 0.5) is 15.5 Å². The number of anilines is 2. The predicted octanol–water partition coefficient (Wildman–Crippen LogP) is 3.16. The molecule has 9 heteroatoms. The number of thiophene rings is 1. The molecule has 7 nitrogen and oxygen atoms in total. The minimum Gasteiger partial charge on any atom is -0.365 e. The summed E-state index contributed by atoms with van der Waals surface area (Å²) in [7, 11) is 0. The number of rotatable bonds is 4. The van der Waals surface area contributed by atoms with E-state index < -0.39 is 11.9 Å². The maximum Gasteiger partial charge on any atom is 0.324 e. The highest BCUT2D eigenvalue weighted by atomic mass is 35.5. The first kappa shape index (κ1) is 20.7. The number of benzene rings is 1. The summed E-state index contributed by atoms with van der Waals surface area (Å²) in [5.74, 6) is -0.533. The van der Waals surface area contributed by atoms with Gasteiger partial charge in [0.1, 0.15) is 5.00 Å². The highest BCUT2D eigenvalue weighted by molar-refractivity contribution is 7.17. The van der Waals surface area contributed by atoms with Gasteiger partial charge in [0.25, 0.3) is 5.91 Å². The molecule has 0 aliphatic carbocycles. The number of nitrogens with two attached hydrogens (primary N) is 1. The lowest BCUT2D eigenvalue weighted by atomic mass is 10.0. The van der Waals surface area contributed by atoms with Crippen LogP contribution in [0.1, 0.15) is 33.3 Å². The molecule has 2 heterocycles. The molecule has 1 aromatic heterocycles. The predicted molar refractivity (Wildman–Crippen MR) is 109 cm³/mol. The van der Waals surface area contributed by atoms with Crippen LogP contribution >= 0.6 is 23.7 Å². The number of primary amides is 1.